The molecule has 2 aromatic carbocycles. The first-order chi connectivity index (χ1) is 13.0. The van der Waals surface area contributed by atoms with Crippen LogP contribution >= 0.6 is 0 Å². The fourth-order valence-electron chi connectivity index (χ4n) is 3.33. The number of hydrogen-bond acceptors (Lipinski definition) is 3. The molecule has 0 bridgehead atoms. The summed E-state index contributed by atoms with van der Waals surface area (Å²) >= 11 is 0. The van der Waals surface area contributed by atoms with Crippen molar-refractivity contribution in [2.24, 2.45) is 0 Å². The molecule has 0 aliphatic heterocycles. The van der Waals surface area contributed by atoms with E-state index in [4.69, 9.17) is 0 Å². The average Bonchev–Trinajstić information content (AvgIpc) is 3.47. The van der Waals surface area contributed by atoms with Crippen LogP contribution < -0.4 is 5.32 Å². The van der Waals surface area contributed by atoms with Crippen LogP contribution in [0.15, 0.2) is 48.5 Å². The summed E-state index contributed by atoms with van der Waals surface area (Å²) in [5, 5.41) is 2.86. The number of carbonyl (C=O) groups is 2. The van der Waals surface area contributed by atoms with Gasteiger partial charge in [0.05, 0.1) is 0 Å². The minimum atomic E-state index is -0.203. The molecule has 1 atom stereocenters. The Hall–Kier alpha value is -2.53. The average molecular weight is 368 g/mol. The number of ketones is 1. The molecular formula is C22H25FN2O2. The lowest BCUT2D eigenvalue weighted by molar-refractivity contribution is -0.116. The van der Waals surface area contributed by atoms with E-state index in [1.165, 1.54) is 13.0 Å². The van der Waals surface area contributed by atoms with Crippen molar-refractivity contribution in [3.05, 3.63) is 65.5 Å². The van der Waals surface area contributed by atoms with Gasteiger partial charge in [0.25, 0.3) is 0 Å². The van der Waals surface area contributed by atoms with Crippen molar-refractivity contribution in [1.82, 2.24) is 4.90 Å². The van der Waals surface area contributed by atoms with Crippen molar-refractivity contribution in [2.75, 3.05) is 11.9 Å². The first kappa shape index (κ1) is 19.2. The summed E-state index contributed by atoms with van der Waals surface area (Å²) in [5.74, 6) is -0.294. The minimum Gasteiger partial charge on any atom is -0.326 e. The van der Waals surface area contributed by atoms with Crippen LogP contribution in [-0.2, 0) is 4.79 Å². The molecule has 5 heteroatoms. The van der Waals surface area contributed by atoms with Gasteiger partial charge >= 0.3 is 0 Å². The summed E-state index contributed by atoms with van der Waals surface area (Å²) < 4.78 is 14.1. The molecule has 2 aromatic rings. The van der Waals surface area contributed by atoms with Crippen molar-refractivity contribution in [3.63, 3.8) is 0 Å². The predicted octanol–water partition coefficient (Wildman–Crippen LogP) is 4.58. The molecular weight excluding hydrogens is 343 g/mol. The number of benzene rings is 2. The van der Waals surface area contributed by atoms with Gasteiger partial charge in [-0.3, -0.25) is 14.5 Å². The summed E-state index contributed by atoms with van der Waals surface area (Å²) in [7, 11) is 0. The van der Waals surface area contributed by atoms with Gasteiger partial charge in [-0.2, -0.15) is 0 Å². The van der Waals surface area contributed by atoms with Gasteiger partial charge in [-0.25, -0.2) is 4.39 Å². The van der Waals surface area contributed by atoms with Crippen molar-refractivity contribution in [1.29, 1.82) is 0 Å². The molecule has 4 nitrogen and oxygen atoms in total. The van der Waals surface area contributed by atoms with E-state index < -0.39 is 0 Å². The lowest BCUT2D eigenvalue weighted by atomic mass is 10.1. The summed E-state index contributed by atoms with van der Waals surface area (Å²) in [6, 6.07) is 14.0. The SMILES string of the molecule is CC(=O)c1ccc(NC(=O)CCN(C2CC2)C(C)c2ccccc2F)cc1. The Labute approximate surface area is 159 Å². The van der Waals surface area contributed by atoms with Gasteiger partial charge in [0.2, 0.25) is 5.91 Å². The number of Topliss-reactive ketones (excluding diaryl/α,β-unsaturated/α-hetero) is 1. The topological polar surface area (TPSA) is 49.4 Å². The van der Waals surface area contributed by atoms with Crippen LogP contribution in [-0.4, -0.2) is 29.2 Å². The monoisotopic (exact) mass is 368 g/mol. The van der Waals surface area contributed by atoms with Crippen LogP contribution in [0.25, 0.3) is 0 Å². The van der Waals surface area contributed by atoms with E-state index in [1.54, 1.807) is 30.3 Å². The number of carbonyl (C=O) groups excluding carboxylic acids is 2. The number of rotatable bonds is 8. The van der Waals surface area contributed by atoms with Gasteiger partial charge in [-0.15, -0.1) is 0 Å². The molecule has 1 N–H and O–H groups in total. The normalized spacial score (nSPS) is 14.8. The zero-order valence-electron chi connectivity index (χ0n) is 15.7. The molecule has 0 spiro atoms. The molecule has 1 aliphatic rings. The summed E-state index contributed by atoms with van der Waals surface area (Å²) in [5.41, 5.74) is 1.96. The Morgan fingerprint density at radius 3 is 2.41 bits per heavy atom. The second-order valence-corrected chi connectivity index (χ2v) is 7.10. The van der Waals surface area contributed by atoms with E-state index >= 15 is 0 Å². The summed E-state index contributed by atoms with van der Waals surface area (Å²) in [6.45, 7) is 4.09. The van der Waals surface area contributed by atoms with Crippen LogP contribution in [0.1, 0.15) is 55.1 Å². The summed E-state index contributed by atoms with van der Waals surface area (Å²) in [6.07, 6.45) is 2.52. The molecule has 0 saturated heterocycles. The molecule has 3 rings (SSSR count). The minimum absolute atomic E-state index is 0.00455. The molecule has 142 valence electrons. The Morgan fingerprint density at radius 2 is 1.81 bits per heavy atom. The Bertz CT molecular complexity index is 815. The van der Waals surface area contributed by atoms with E-state index in [9.17, 15) is 14.0 Å². The number of nitrogens with zero attached hydrogens (tertiary/aromatic N) is 1. The van der Waals surface area contributed by atoms with Gasteiger partial charge in [0, 0.05) is 41.9 Å². The van der Waals surface area contributed by atoms with Gasteiger partial charge < -0.3 is 5.32 Å². The van der Waals surface area contributed by atoms with Crippen molar-refractivity contribution >= 4 is 17.4 Å². The van der Waals surface area contributed by atoms with Gasteiger partial charge in [-0.1, -0.05) is 18.2 Å². The Balaban J connectivity index is 1.58. The largest absolute Gasteiger partial charge is 0.326 e. The highest BCUT2D eigenvalue weighted by molar-refractivity contribution is 5.95. The number of amides is 1. The van der Waals surface area contributed by atoms with Crippen molar-refractivity contribution < 1.29 is 14.0 Å². The Kier molecular flexibility index (Phi) is 6.01. The molecule has 1 saturated carbocycles. The standard InChI is InChI=1S/C22H25FN2O2/c1-15(20-5-3-4-6-21(20)23)25(19-11-12-19)14-13-22(27)24-18-9-7-17(8-10-18)16(2)26/h3-10,15,19H,11-14H2,1-2H3,(H,24,27). The van der Waals surface area contributed by atoms with Crippen LogP contribution in [0.4, 0.5) is 10.1 Å². The lowest BCUT2D eigenvalue weighted by Gasteiger charge is -2.29. The summed E-state index contributed by atoms with van der Waals surface area (Å²) in [4.78, 5) is 25.9. The maximum absolute atomic E-state index is 14.1. The van der Waals surface area contributed by atoms with Gasteiger partial charge in [-0.05, 0) is 57.0 Å². The van der Waals surface area contributed by atoms with Gasteiger partial charge in [0.1, 0.15) is 5.82 Å². The maximum atomic E-state index is 14.1. The lowest BCUT2D eigenvalue weighted by Crippen LogP contribution is -2.33. The second kappa shape index (κ2) is 8.44. The van der Waals surface area contributed by atoms with E-state index in [0.717, 1.165) is 12.8 Å². The third kappa shape index (κ3) is 5.01. The predicted molar refractivity (Wildman–Crippen MR) is 104 cm³/mol. The number of nitrogens with one attached hydrogen (secondary N) is 1. The molecule has 0 aromatic heterocycles. The molecule has 27 heavy (non-hydrogen) atoms. The third-order valence-electron chi connectivity index (χ3n) is 5.04. The molecule has 0 radical (unpaired) electrons. The number of hydrogen-bond donors (Lipinski definition) is 1. The van der Waals surface area contributed by atoms with E-state index in [-0.39, 0.29) is 23.5 Å². The van der Waals surface area contributed by atoms with Crippen molar-refractivity contribution in [3.8, 4) is 0 Å². The molecule has 1 aliphatic carbocycles. The highest BCUT2D eigenvalue weighted by atomic mass is 19.1. The highest BCUT2D eigenvalue weighted by Crippen LogP contribution is 2.35. The molecule has 1 amide bonds. The third-order valence-corrected chi connectivity index (χ3v) is 5.04. The molecule has 1 fully saturated rings. The fourth-order valence-corrected chi connectivity index (χ4v) is 3.33. The van der Waals surface area contributed by atoms with E-state index in [1.807, 2.05) is 19.1 Å². The number of anilines is 1. The smallest absolute Gasteiger partial charge is 0.225 e. The first-order valence-electron chi connectivity index (χ1n) is 9.36. The highest BCUT2D eigenvalue weighted by Gasteiger charge is 2.33. The van der Waals surface area contributed by atoms with E-state index in [0.29, 0.717) is 35.8 Å². The van der Waals surface area contributed by atoms with Crippen LogP contribution in [0.2, 0.25) is 0 Å². The number of halogens is 1. The Morgan fingerprint density at radius 1 is 1.15 bits per heavy atom. The quantitative estimate of drug-likeness (QED) is 0.694. The van der Waals surface area contributed by atoms with Crippen LogP contribution in [0.5, 0.6) is 0 Å². The van der Waals surface area contributed by atoms with E-state index in [2.05, 4.69) is 10.2 Å². The van der Waals surface area contributed by atoms with Crippen LogP contribution in [0, 0.1) is 5.82 Å². The molecule has 1 unspecified atom stereocenters. The molecule has 0 heterocycles. The van der Waals surface area contributed by atoms with Crippen molar-refractivity contribution in [2.45, 2.75) is 45.2 Å². The fraction of sp³-hybridized carbons (Fsp3) is 0.364. The maximum Gasteiger partial charge on any atom is 0.225 e. The first-order valence-corrected chi connectivity index (χ1v) is 9.36. The van der Waals surface area contributed by atoms with Crippen LogP contribution in [0.3, 0.4) is 0 Å². The van der Waals surface area contributed by atoms with Gasteiger partial charge in [0.15, 0.2) is 5.78 Å². The zero-order chi connectivity index (χ0) is 19.4. The zero-order valence-corrected chi connectivity index (χ0v) is 15.7. The second-order valence-electron chi connectivity index (χ2n) is 7.10.